The van der Waals surface area contributed by atoms with Crippen LogP contribution in [-0.2, 0) is 4.79 Å². The third-order valence-electron chi connectivity index (χ3n) is 6.47. The molecule has 0 unspecified atom stereocenters. The van der Waals surface area contributed by atoms with Crippen molar-refractivity contribution in [3.05, 3.63) is 45.2 Å². The lowest BCUT2D eigenvalue weighted by molar-refractivity contribution is -0.122. The van der Waals surface area contributed by atoms with E-state index in [9.17, 15) is 14.7 Å². The highest BCUT2D eigenvalue weighted by Crippen LogP contribution is 2.34. The molecule has 2 saturated heterocycles. The summed E-state index contributed by atoms with van der Waals surface area (Å²) < 4.78 is 2.07. The second-order valence-corrected chi connectivity index (χ2v) is 10.6. The van der Waals surface area contributed by atoms with Crippen LogP contribution in [0.25, 0.3) is 11.7 Å². The van der Waals surface area contributed by atoms with E-state index in [-0.39, 0.29) is 18.1 Å². The summed E-state index contributed by atoms with van der Waals surface area (Å²) in [5.74, 6) is 0.460. The number of aliphatic hydroxyl groups excluding tert-OH is 1. The molecule has 2 aliphatic rings. The third kappa shape index (κ3) is 5.94. The van der Waals surface area contributed by atoms with Crippen LogP contribution in [0.3, 0.4) is 0 Å². The number of thioether (sulfide) groups is 1. The number of rotatable bonds is 10. The normalized spacial score (nSPS) is 18.4. The number of aliphatic hydroxyl groups is 1. The van der Waals surface area contributed by atoms with Gasteiger partial charge < -0.3 is 10.0 Å². The minimum Gasteiger partial charge on any atom is -0.395 e. The third-order valence-corrected chi connectivity index (χ3v) is 7.85. The maximum Gasteiger partial charge on any atom is 0.267 e. The molecule has 1 N–H and O–H groups in total. The van der Waals surface area contributed by atoms with E-state index in [2.05, 4.69) is 16.7 Å². The monoisotopic (exact) mass is 515 g/mol. The van der Waals surface area contributed by atoms with Crippen LogP contribution < -0.4 is 10.5 Å². The Morgan fingerprint density at radius 2 is 1.86 bits per heavy atom. The molecule has 10 heteroatoms. The number of carbonyl (C=O) groups excluding carboxylic acids is 1. The van der Waals surface area contributed by atoms with Crippen molar-refractivity contribution in [3.8, 4) is 0 Å². The van der Waals surface area contributed by atoms with E-state index in [1.54, 1.807) is 23.2 Å². The number of hydrogen-bond acceptors (Lipinski definition) is 8. The molecule has 0 atom stereocenters. The molecule has 0 radical (unpaired) electrons. The number of nitrogens with zero attached hydrogens (tertiary/aromatic N) is 5. The van der Waals surface area contributed by atoms with E-state index < -0.39 is 0 Å². The van der Waals surface area contributed by atoms with Crippen LogP contribution in [0.4, 0.5) is 5.82 Å². The van der Waals surface area contributed by atoms with Gasteiger partial charge in [-0.3, -0.25) is 23.8 Å². The number of aromatic nitrogens is 2. The van der Waals surface area contributed by atoms with E-state index in [1.807, 2.05) is 12.1 Å². The number of hydrogen-bond donors (Lipinski definition) is 1. The smallest absolute Gasteiger partial charge is 0.267 e. The Labute approximate surface area is 215 Å². The molecule has 188 valence electrons. The van der Waals surface area contributed by atoms with Gasteiger partial charge in [-0.1, -0.05) is 62.7 Å². The lowest BCUT2D eigenvalue weighted by atomic mass is 10.1. The van der Waals surface area contributed by atoms with E-state index >= 15 is 0 Å². The van der Waals surface area contributed by atoms with E-state index in [0.29, 0.717) is 52.4 Å². The number of amides is 1. The summed E-state index contributed by atoms with van der Waals surface area (Å²) in [6, 6.07) is 5.47. The molecule has 1 amide bonds. The summed E-state index contributed by atoms with van der Waals surface area (Å²) in [7, 11) is 0. The Kier molecular flexibility index (Phi) is 8.94. The van der Waals surface area contributed by atoms with Crippen LogP contribution in [0.5, 0.6) is 0 Å². The molecular weight excluding hydrogens is 482 g/mol. The molecule has 0 aromatic carbocycles. The van der Waals surface area contributed by atoms with Crippen LogP contribution in [0.1, 0.15) is 44.6 Å². The maximum absolute atomic E-state index is 13.5. The van der Waals surface area contributed by atoms with Gasteiger partial charge in [-0.15, -0.1) is 0 Å². The number of fused-ring (bicyclic) bond motifs is 1. The van der Waals surface area contributed by atoms with Crippen LogP contribution in [0.2, 0.25) is 0 Å². The highest BCUT2D eigenvalue weighted by atomic mass is 32.2. The molecule has 2 aliphatic heterocycles. The number of β-amino-alcohol motifs (C(OH)–C–C–N with tert-alkyl or cyclic N) is 1. The first-order valence-corrected chi connectivity index (χ1v) is 13.6. The summed E-state index contributed by atoms with van der Waals surface area (Å²) in [5, 5.41) is 9.25. The number of carbonyl (C=O) groups is 1. The Balaban J connectivity index is 1.62. The largest absolute Gasteiger partial charge is 0.395 e. The van der Waals surface area contributed by atoms with Gasteiger partial charge in [0.2, 0.25) is 0 Å². The number of thiocarbonyl (C=S) groups is 1. The quantitative estimate of drug-likeness (QED) is 0.294. The van der Waals surface area contributed by atoms with Gasteiger partial charge in [0.1, 0.15) is 15.8 Å². The first-order chi connectivity index (χ1) is 17.0. The molecule has 2 aromatic heterocycles. The number of piperazine rings is 1. The van der Waals surface area contributed by atoms with Crippen molar-refractivity contribution in [2.45, 2.75) is 39.0 Å². The Bertz CT molecular complexity index is 1160. The summed E-state index contributed by atoms with van der Waals surface area (Å²) in [6.45, 7) is 6.48. The fourth-order valence-electron chi connectivity index (χ4n) is 4.48. The second kappa shape index (κ2) is 12.1. The highest BCUT2D eigenvalue weighted by Gasteiger charge is 2.32. The van der Waals surface area contributed by atoms with Gasteiger partial charge in [-0.25, -0.2) is 4.98 Å². The van der Waals surface area contributed by atoms with Crippen molar-refractivity contribution >= 4 is 51.7 Å². The topological polar surface area (TPSA) is 81.4 Å². The maximum atomic E-state index is 13.5. The van der Waals surface area contributed by atoms with Gasteiger partial charge in [0.25, 0.3) is 11.5 Å². The van der Waals surface area contributed by atoms with Crippen LogP contribution in [-0.4, -0.2) is 80.4 Å². The molecule has 8 nitrogen and oxygen atoms in total. The zero-order valence-electron chi connectivity index (χ0n) is 20.2. The lowest BCUT2D eigenvalue weighted by Crippen LogP contribution is -2.48. The fourth-order valence-corrected chi connectivity index (χ4v) is 5.77. The van der Waals surface area contributed by atoms with Gasteiger partial charge in [-0.05, 0) is 24.6 Å². The van der Waals surface area contributed by atoms with E-state index in [0.717, 1.165) is 32.4 Å². The predicted molar refractivity (Wildman–Crippen MR) is 146 cm³/mol. The first kappa shape index (κ1) is 25.8. The number of anilines is 1. The van der Waals surface area contributed by atoms with Crippen LogP contribution in [0.15, 0.2) is 34.1 Å². The van der Waals surface area contributed by atoms with Crippen LogP contribution in [0, 0.1) is 0 Å². The second-order valence-electron chi connectivity index (χ2n) is 8.88. The molecule has 2 aromatic rings. The number of pyridine rings is 1. The fraction of sp³-hybridized carbons (Fsp3) is 0.520. The number of unbranched alkanes of at least 4 members (excludes halogenated alkanes) is 4. The Morgan fingerprint density at radius 3 is 2.60 bits per heavy atom. The molecule has 0 spiro atoms. The molecule has 0 saturated carbocycles. The summed E-state index contributed by atoms with van der Waals surface area (Å²) in [5.41, 5.74) is 0.781. The molecule has 2 fully saturated rings. The van der Waals surface area contributed by atoms with Gasteiger partial charge in [-0.2, -0.15) is 0 Å². The summed E-state index contributed by atoms with van der Waals surface area (Å²) in [4.78, 5) is 38.0. The summed E-state index contributed by atoms with van der Waals surface area (Å²) >= 11 is 6.77. The Hall–Kier alpha value is -2.27. The van der Waals surface area contributed by atoms with Gasteiger partial charge in [0, 0.05) is 45.5 Å². The molecule has 4 heterocycles. The van der Waals surface area contributed by atoms with E-state index in [1.165, 1.54) is 29.0 Å². The van der Waals surface area contributed by atoms with Gasteiger partial charge in [0.05, 0.1) is 17.1 Å². The SMILES string of the molecule is CCCCCCCN1C(=O)C(=Cc2c(N3CCN(CCO)CC3)nc3ccccn3c2=O)SC1=S. The van der Waals surface area contributed by atoms with Crippen molar-refractivity contribution in [1.82, 2.24) is 19.2 Å². The van der Waals surface area contributed by atoms with Crippen molar-refractivity contribution in [1.29, 1.82) is 0 Å². The van der Waals surface area contributed by atoms with E-state index in [4.69, 9.17) is 17.2 Å². The zero-order chi connectivity index (χ0) is 24.8. The molecule has 4 rings (SSSR count). The molecular formula is C25H33N5O3S2. The molecule has 0 bridgehead atoms. The average molecular weight is 516 g/mol. The van der Waals surface area contributed by atoms with Crippen molar-refractivity contribution in [3.63, 3.8) is 0 Å². The summed E-state index contributed by atoms with van der Waals surface area (Å²) in [6.07, 6.45) is 8.92. The van der Waals surface area contributed by atoms with Crippen LogP contribution >= 0.6 is 24.0 Å². The molecule has 0 aliphatic carbocycles. The van der Waals surface area contributed by atoms with Crippen molar-refractivity contribution < 1.29 is 9.90 Å². The molecule has 35 heavy (non-hydrogen) atoms. The zero-order valence-corrected chi connectivity index (χ0v) is 21.8. The average Bonchev–Trinajstić information content (AvgIpc) is 3.13. The minimum atomic E-state index is -0.201. The minimum absolute atomic E-state index is 0.126. The standard InChI is InChI=1S/C25H33N5O3S2/c1-2-3-4-5-7-11-30-24(33)20(35-25(30)34)18-19-22(28-14-12-27(13-15-28)16-17-31)26-21-9-6-8-10-29(21)23(19)32/h6,8-10,18,31H,2-5,7,11-17H2,1H3. The van der Waals surface area contributed by atoms with Gasteiger partial charge >= 0.3 is 0 Å². The first-order valence-electron chi connectivity index (χ1n) is 12.4. The predicted octanol–water partition coefficient (Wildman–Crippen LogP) is 2.98. The van der Waals surface area contributed by atoms with Crippen molar-refractivity contribution in [2.75, 3.05) is 50.8 Å². The Morgan fingerprint density at radius 1 is 1.09 bits per heavy atom. The lowest BCUT2D eigenvalue weighted by Gasteiger charge is -2.35. The van der Waals surface area contributed by atoms with Crippen molar-refractivity contribution in [2.24, 2.45) is 0 Å². The van der Waals surface area contributed by atoms with Gasteiger partial charge in [0.15, 0.2) is 0 Å². The highest BCUT2D eigenvalue weighted by molar-refractivity contribution is 8.26.